The first-order valence-corrected chi connectivity index (χ1v) is 30.8. The number of halogens is 1. The summed E-state index contributed by atoms with van der Waals surface area (Å²) in [5.74, 6) is 4.19. The highest BCUT2D eigenvalue weighted by atomic mass is 35.5. The van der Waals surface area contributed by atoms with E-state index in [4.69, 9.17) is 46.5 Å². The predicted octanol–water partition coefficient (Wildman–Crippen LogP) is 8.24. The van der Waals surface area contributed by atoms with Crippen LogP contribution in [0.5, 0.6) is 17.2 Å². The second kappa shape index (κ2) is 29.6. The van der Waals surface area contributed by atoms with Gasteiger partial charge in [-0.15, -0.1) is 0 Å². The van der Waals surface area contributed by atoms with Gasteiger partial charge in [0, 0.05) is 58.0 Å². The lowest BCUT2D eigenvalue weighted by molar-refractivity contribution is 0.226. The van der Waals surface area contributed by atoms with Crippen LogP contribution >= 0.6 is 11.6 Å². The highest BCUT2D eigenvalue weighted by Gasteiger charge is 2.24. The zero-order valence-electron chi connectivity index (χ0n) is 50.6. The Morgan fingerprint density at radius 3 is 1.64 bits per heavy atom. The average molecular weight is 1200 g/mol. The number of likely N-dealkylation sites (N-methyl/N-ethyl adjacent to an activating group) is 1. The molecule has 12 rings (SSSR count). The Balaban J connectivity index is 0.000000145. The van der Waals surface area contributed by atoms with Crippen molar-refractivity contribution in [3.05, 3.63) is 187 Å². The molecular formula is C67H80ClN13O6. The number of rotatable bonds is 15. The lowest BCUT2D eigenvalue weighted by Gasteiger charge is -2.28. The van der Waals surface area contributed by atoms with Crippen molar-refractivity contribution >= 4 is 50.0 Å². The fraction of sp³-hybridized carbons (Fsp3) is 0.373. The summed E-state index contributed by atoms with van der Waals surface area (Å²) in [5.41, 5.74) is 11.5. The number of fused-ring (bicyclic) bond motifs is 3. The molecule has 3 aliphatic heterocycles. The van der Waals surface area contributed by atoms with Crippen LogP contribution in [0.4, 0.5) is 5.69 Å². The Morgan fingerprint density at radius 2 is 0.989 bits per heavy atom. The van der Waals surface area contributed by atoms with Gasteiger partial charge in [-0.1, -0.05) is 60.1 Å². The van der Waals surface area contributed by atoms with Crippen LogP contribution in [0.1, 0.15) is 56.6 Å². The van der Waals surface area contributed by atoms with Crippen LogP contribution in [0.3, 0.4) is 0 Å². The minimum Gasteiger partial charge on any atom is -0.492 e. The zero-order chi connectivity index (χ0) is 60.8. The van der Waals surface area contributed by atoms with Gasteiger partial charge in [-0.2, -0.15) is 0 Å². The summed E-state index contributed by atoms with van der Waals surface area (Å²) >= 11 is 6.36. The molecule has 0 saturated carbocycles. The molecule has 19 nitrogen and oxygen atoms in total. The van der Waals surface area contributed by atoms with E-state index in [0.717, 1.165) is 120 Å². The number of nitrogens with zero attached hydrogens (tertiary/aromatic N) is 10. The third-order valence-electron chi connectivity index (χ3n) is 15.7. The van der Waals surface area contributed by atoms with Crippen molar-refractivity contribution < 1.29 is 14.2 Å². The largest absolute Gasteiger partial charge is 0.492 e. The van der Waals surface area contributed by atoms with E-state index in [0.29, 0.717) is 112 Å². The van der Waals surface area contributed by atoms with Crippen molar-refractivity contribution in [1.29, 1.82) is 0 Å². The molecule has 0 unspecified atom stereocenters. The minimum atomic E-state index is -0.173. The Labute approximate surface area is 512 Å². The summed E-state index contributed by atoms with van der Waals surface area (Å²) in [6, 6.07) is 39.4. The molecule has 20 heteroatoms. The topological polar surface area (TPSA) is 195 Å². The Hall–Kier alpha value is -8.01. The third-order valence-corrected chi connectivity index (χ3v) is 16.1. The number of nitrogens with one attached hydrogen (secondary N) is 2. The number of nitrogen functional groups attached to an aromatic ring is 1. The van der Waals surface area contributed by atoms with E-state index < -0.39 is 0 Å². The maximum absolute atomic E-state index is 13.6. The van der Waals surface area contributed by atoms with Crippen molar-refractivity contribution in [3.8, 4) is 34.3 Å². The van der Waals surface area contributed by atoms with Crippen molar-refractivity contribution in [2.75, 3.05) is 111 Å². The summed E-state index contributed by atoms with van der Waals surface area (Å²) in [5, 5.41) is 8.80. The van der Waals surface area contributed by atoms with Gasteiger partial charge in [-0.05, 0) is 158 Å². The molecule has 0 aliphatic carbocycles. The number of piperazine rings is 1. The fourth-order valence-corrected chi connectivity index (χ4v) is 11.7. The monoisotopic (exact) mass is 1200 g/mol. The van der Waals surface area contributed by atoms with E-state index in [-0.39, 0.29) is 16.7 Å². The second-order valence-electron chi connectivity index (χ2n) is 22.0. The van der Waals surface area contributed by atoms with Crippen LogP contribution in [0, 0.1) is 6.92 Å². The van der Waals surface area contributed by atoms with Crippen LogP contribution in [0.25, 0.3) is 49.8 Å². The van der Waals surface area contributed by atoms with Gasteiger partial charge in [0.05, 0.1) is 94.2 Å². The first-order chi connectivity index (χ1) is 42.4. The molecule has 3 aromatic heterocycles. The standard InChI is InChI=1S/C23H29N5O2.C23H28N4O2.C21H23ClN4O2/c1-3-30-21-8-5-4-7-20(21)28-22(16-27-12-6-11-26(2)13-14-27)25-19-15-17(24)9-10-18(19)23(28)29;1-3-29-21-15-17(2)9-10-20(21)27-22(16-26-13-6-11-24-12-14-26)25-19-8-5-4-7-18(19)23(27)28;1-2-28-18-9-4-3-8-17(18)26-19(14-25-12-10-23-11-13-25)24-16-7-5-6-15(22)20(16)21(26)27/h4-5,7-10,15H,3,6,11-14,16,24H2,1-2H3;4-5,7-10,15,24H,3,6,11-14,16H2,1-2H3;3-9,23H,2,10-14H2,1H3. The summed E-state index contributed by atoms with van der Waals surface area (Å²) in [6.45, 7) is 22.8. The van der Waals surface area contributed by atoms with E-state index in [1.165, 1.54) is 0 Å². The summed E-state index contributed by atoms with van der Waals surface area (Å²) in [7, 11) is 2.15. The molecule has 0 amide bonds. The smallest absolute Gasteiger partial charge is 0.267 e. The van der Waals surface area contributed by atoms with Crippen molar-refractivity contribution in [2.24, 2.45) is 0 Å². The van der Waals surface area contributed by atoms with E-state index >= 15 is 0 Å². The number of benzene rings is 6. The Morgan fingerprint density at radius 1 is 0.483 bits per heavy atom. The lowest BCUT2D eigenvalue weighted by atomic mass is 10.2. The predicted molar refractivity (Wildman–Crippen MR) is 348 cm³/mol. The number of nitrogens with two attached hydrogens (primary N) is 1. The normalized spacial score (nSPS) is 15.5. The molecule has 87 heavy (non-hydrogen) atoms. The second-order valence-corrected chi connectivity index (χ2v) is 22.4. The number of aromatic nitrogens is 6. The molecule has 9 aromatic rings. The summed E-state index contributed by atoms with van der Waals surface area (Å²) in [4.78, 5) is 64.6. The number of hydrogen-bond donors (Lipinski definition) is 3. The third kappa shape index (κ3) is 14.9. The molecule has 6 aromatic carbocycles. The van der Waals surface area contributed by atoms with Crippen molar-refractivity contribution in [1.82, 2.24) is 58.9 Å². The van der Waals surface area contributed by atoms with Crippen LogP contribution in [-0.2, 0) is 19.6 Å². The van der Waals surface area contributed by atoms with Crippen LogP contribution in [-0.4, -0.2) is 154 Å². The fourth-order valence-electron chi connectivity index (χ4n) is 11.4. The van der Waals surface area contributed by atoms with Crippen molar-refractivity contribution in [3.63, 3.8) is 0 Å². The van der Waals surface area contributed by atoms with Gasteiger partial charge in [0.2, 0.25) is 0 Å². The zero-order valence-corrected chi connectivity index (χ0v) is 51.4. The van der Waals surface area contributed by atoms with Crippen LogP contribution in [0.2, 0.25) is 5.02 Å². The molecular weight excluding hydrogens is 1120 g/mol. The Bertz CT molecular complexity index is 4010. The van der Waals surface area contributed by atoms with Gasteiger partial charge in [0.25, 0.3) is 16.7 Å². The maximum Gasteiger partial charge on any atom is 0.267 e. The first kappa shape index (κ1) is 62.1. The number of hydrogen-bond acceptors (Lipinski definition) is 16. The molecule has 0 spiro atoms. The van der Waals surface area contributed by atoms with E-state index in [1.807, 2.05) is 131 Å². The van der Waals surface area contributed by atoms with Gasteiger partial charge in [0.1, 0.15) is 34.7 Å². The number of ether oxygens (including phenoxy) is 3. The lowest BCUT2D eigenvalue weighted by Crippen LogP contribution is -2.44. The van der Waals surface area contributed by atoms with Gasteiger partial charge in [-0.3, -0.25) is 42.8 Å². The molecule has 456 valence electrons. The van der Waals surface area contributed by atoms with Crippen molar-refractivity contribution in [2.45, 2.75) is 60.2 Å². The molecule has 0 radical (unpaired) electrons. The summed E-state index contributed by atoms with van der Waals surface area (Å²) < 4.78 is 22.6. The molecule has 3 aliphatic rings. The highest BCUT2D eigenvalue weighted by Crippen LogP contribution is 2.29. The minimum absolute atomic E-state index is 0.0525. The van der Waals surface area contributed by atoms with Crippen LogP contribution in [0.15, 0.2) is 142 Å². The van der Waals surface area contributed by atoms with E-state index in [1.54, 1.807) is 38.0 Å². The molecule has 0 atom stereocenters. The van der Waals surface area contributed by atoms with Gasteiger partial charge in [-0.25, -0.2) is 15.0 Å². The SMILES string of the molecule is CCOc1cc(C)ccc1-n1c(CN2CCCNCC2)nc2ccccc2c1=O.CCOc1ccccc1-n1c(CN2CCCN(C)CC2)nc2cc(N)ccc2c1=O.CCOc1ccccc1-n1c(CN2CCNCC2)nc2cccc(Cl)c2c1=O. The van der Waals surface area contributed by atoms with Gasteiger partial charge >= 0.3 is 0 Å². The Kier molecular flexibility index (Phi) is 21.1. The molecule has 4 N–H and O–H groups in total. The van der Waals surface area contributed by atoms with Gasteiger partial charge < -0.3 is 35.5 Å². The maximum atomic E-state index is 13.6. The quantitative estimate of drug-likeness (QED) is 0.0830. The van der Waals surface area contributed by atoms with Gasteiger partial charge in [0.15, 0.2) is 0 Å². The van der Waals surface area contributed by atoms with E-state index in [2.05, 4.69) is 37.3 Å². The summed E-state index contributed by atoms with van der Waals surface area (Å²) in [6.07, 6.45) is 2.18. The molecule has 6 heterocycles. The number of para-hydroxylation sites is 5. The number of anilines is 1. The molecule has 3 fully saturated rings. The number of aryl methyl sites for hydroxylation is 1. The molecule has 3 saturated heterocycles. The average Bonchev–Trinajstić information content (AvgIpc) is 1.88. The molecule has 0 bridgehead atoms. The first-order valence-electron chi connectivity index (χ1n) is 30.4. The highest BCUT2D eigenvalue weighted by molar-refractivity contribution is 6.35. The van der Waals surface area contributed by atoms with E-state index in [9.17, 15) is 14.4 Å². The van der Waals surface area contributed by atoms with Crippen LogP contribution < -0.4 is 47.3 Å².